The number of thiazole rings is 1. The second-order valence-electron chi connectivity index (χ2n) is 21.1. The Balaban J connectivity index is 0.806. The number of aliphatic hydroxyl groups excluding tert-OH is 1. The van der Waals surface area contributed by atoms with Gasteiger partial charge in [-0.1, -0.05) is 84.3 Å². The number of carbonyl (C=O) groups excluding carboxylic acids is 4. The molecule has 5 N–H and O–H groups in total. The summed E-state index contributed by atoms with van der Waals surface area (Å²) in [5.41, 5.74) is 4.74. The SMILES string of the molecule is Cc1ncsc1-c1ccc(C2(NC(=O)C3C[C@@H](O)CN3C(=O)[C@@H](NC(=O)COCCCCCNc3ccc(C(=O)NC4C(C)(C)C(Oc5ccc(C#N)c(Cl)c5)C4(C)C)cc3)C(C)(C)C)CC2)cc1. The molecule has 2 saturated carbocycles. The molecule has 14 nitrogen and oxygen atoms in total. The molecule has 3 aliphatic rings. The highest BCUT2D eigenvalue weighted by Crippen LogP contribution is 2.56. The Morgan fingerprint density at radius 1 is 0.986 bits per heavy atom. The number of benzene rings is 3. The third-order valence-corrected chi connectivity index (χ3v) is 15.2. The number of aromatic nitrogens is 1. The highest BCUT2D eigenvalue weighted by atomic mass is 35.5. The highest BCUT2D eigenvalue weighted by Gasteiger charge is 2.64. The van der Waals surface area contributed by atoms with E-state index in [2.05, 4.69) is 60.0 Å². The number of aryl methyl sites for hydroxylation is 1. The molecule has 1 unspecified atom stereocenters. The van der Waals surface area contributed by atoms with E-state index in [1.54, 1.807) is 41.7 Å². The summed E-state index contributed by atoms with van der Waals surface area (Å²) in [4.78, 5) is 61.5. The number of likely N-dealkylation sites (tertiary alicyclic amines) is 1. The van der Waals surface area contributed by atoms with Gasteiger partial charge in [0.05, 0.1) is 38.3 Å². The molecule has 2 aliphatic carbocycles. The summed E-state index contributed by atoms with van der Waals surface area (Å²) in [7, 11) is 0. The maximum absolute atomic E-state index is 14.2. The van der Waals surface area contributed by atoms with E-state index in [1.165, 1.54) is 4.90 Å². The van der Waals surface area contributed by atoms with Crippen molar-refractivity contribution < 1.29 is 33.8 Å². The Morgan fingerprint density at radius 2 is 1.68 bits per heavy atom. The lowest BCUT2D eigenvalue weighted by Crippen LogP contribution is -2.74. The first kappa shape index (κ1) is 51.3. The largest absolute Gasteiger partial charge is 0.489 e. The number of nitrogens with zero attached hydrogens (tertiary/aromatic N) is 3. The Labute approximate surface area is 414 Å². The van der Waals surface area contributed by atoms with Gasteiger partial charge in [0.1, 0.15) is 36.6 Å². The molecule has 368 valence electrons. The van der Waals surface area contributed by atoms with Crippen LogP contribution in [0.3, 0.4) is 0 Å². The minimum Gasteiger partial charge on any atom is -0.489 e. The molecule has 4 aromatic rings. The van der Waals surface area contributed by atoms with Gasteiger partial charge in [0.25, 0.3) is 5.91 Å². The number of β-amino-alcohol motifs (C(OH)–C–C–N with tert-alkyl or cyclic N) is 1. The molecule has 0 bridgehead atoms. The van der Waals surface area contributed by atoms with E-state index in [0.29, 0.717) is 35.1 Å². The first-order valence-corrected chi connectivity index (χ1v) is 25.1. The quantitative estimate of drug-likeness (QED) is 0.0573. The Hall–Kier alpha value is -5.53. The maximum atomic E-state index is 14.2. The third kappa shape index (κ3) is 11.6. The zero-order valence-corrected chi connectivity index (χ0v) is 42.5. The number of aliphatic hydroxyl groups is 1. The molecule has 2 heterocycles. The van der Waals surface area contributed by atoms with Gasteiger partial charge in [0, 0.05) is 60.3 Å². The average molecular weight is 981 g/mol. The number of ether oxygens (including phenoxy) is 2. The zero-order chi connectivity index (χ0) is 49.9. The van der Waals surface area contributed by atoms with Gasteiger partial charge in [0.2, 0.25) is 17.7 Å². The molecule has 1 aromatic heterocycles. The van der Waals surface area contributed by atoms with Crippen LogP contribution in [0.1, 0.15) is 114 Å². The second-order valence-corrected chi connectivity index (χ2v) is 22.4. The van der Waals surface area contributed by atoms with Gasteiger partial charge < -0.3 is 40.7 Å². The van der Waals surface area contributed by atoms with Crippen LogP contribution in [0, 0.1) is 34.5 Å². The minimum atomic E-state index is -0.945. The molecule has 4 amide bonds. The van der Waals surface area contributed by atoms with Gasteiger partial charge in [-0.3, -0.25) is 19.2 Å². The summed E-state index contributed by atoms with van der Waals surface area (Å²) in [5.74, 6) is -0.743. The number of carbonyl (C=O) groups is 4. The smallest absolute Gasteiger partial charge is 0.251 e. The lowest BCUT2D eigenvalue weighted by atomic mass is 9.49. The normalized spacial score (nSPS) is 21.3. The van der Waals surface area contributed by atoms with Crippen LogP contribution < -0.4 is 26.0 Å². The van der Waals surface area contributed by atoms with Crippen molar-refractivity contribution in [2.24, 2.45) is 16.2 Å². The van der Waals surface area contributed by atoms with Crippen molar-refractivity contribution in [1.82, 2.24) is 25.8 Å². The van der Waals surface area contributed by atoms with E-state index in [4.69, 9.17) is 21.1 Å². The molecule has 7 rings (SSSR count). The summed E-state index contributed by atoms with van der Waals surface area (Å²) in [6.45, 7) is 16.7. The molecule has 16 heteroatoms. The third-order valence-electron chi connectivity index (χ3n) is 13.9. The molecular formula is C53H66ClN7O7S. The lowest BCUT2D eigenvalue weighted by molar-refractivity contribution is -0.164. The van der Waals surface area contributed by atoms with Gasteiger partial charge in [-0.15, -0.1) is 11.3 Å². The van der Waals surface area contributed by atoms with Crippen LogP contribution in [-0.4, -0.2) is 95.3 Å². The number of rotatable bonds is 19. The van der Waals surface area contributed by atoms with Crippen LogP contribution in [-0.2, 0) is 24.7 Å². The number of hydrogen-bond acceptors (Lipinski definition) is 11. The van der Waals surface area contributed by atoms with Gasteiger partial charge >= 0.3 is 0 Å². The fourth-order valence-electron chi connectivity index (χ4n) is 10.2. The molecule has 0 radical (unpaired) electrons. The Bertz CT molecular complexity index is 2530. The van der Waals surface area contributed by atoms with Crippen LogP contribution >= 0.6 is 22.9 Å². The molecular weight excluding hydrogens is 914 g/mol. The summed E-state index contributed by atoms with van der Waals surface area (Å²) >= 11 is 7.83. The second kappa shape index (κ2) is 20.8. The van der Waals surface area contributed by atoms with Crippen molar-refractivity contribution in [3.05, 3.63) is 99.6 Å². The molecule has 1 saturated heterocycles. The number of anilines is 1. The number of halogens is 1. The standard InChI is InChI=1S/C53H66ClN7O7S/c1-32-43(69-31-57-32)33-12-17-36(18-13-33)53(22-23-53)60-46(65)41-26-38(62)29-61(41)47(66)44(50(2,3)4)58-42(63)30-67-25-11-9-10-24-56-37-19-14-34(15-20-37)45(64)59-48-51(5,6)49(52(48,7)8)68-39-21-16-35(28-55)40(54)27-39/h12-21,27,31,38,41,44,48-49,56,62H,9-11,22-26,29-30H2,1-8H3,(H,58,63)(H,59,64)(H,60,65)/t38-,41?,44-,48?,49?/m1/s1. The van der Waals surface area contributed by atoms with Crippen molar-refractivity contribution >= 4 is 52.3 Å². The fourth-order valence-corrected chi connectivity index (χ4v) is 11.3. The highest BCUT2D eigenvalue weighted by molar-refractivity contribution is 7.13. The molecule has 3 fully saturated rings. The van der Waals surface area contributed by atoms with E-state index in [9.17, 15) is 29.5 Å². The molecule has 1 aliphatic heterocycles. The zero-order valence-electron chi connectivity index (χ0n) is 40.9. The van der Waals surface area contributed by atoms with Crippen LogP contribution in [0.4, 0.5) is 5.69 Å². The van der Waals surface area contributed by atoms with Gasteiger partial charge in [-0.2, -0.15) is 5.26 Å². The molecule has 0 spiro atoms. The number of hydrogen-bond donors (Lipinski definition) is 5. The number of amides is 4. The Kier molecular flexibility index (Phi) is 15.5. The number of nitrogens with one attached hydrogen (secondary N) is 4. The van der Waals surface area contributed by atoms with Gasteiger partial charge in [-0.05, 0) is 92.0 Å². The summed E-state index contributed by atoms with van der Waals surface area (Å²) in [5, 5.41) is 33.0. The fraction of sp³-hybridized carbons (Fsp3) is 0.509. The van der Waals surface area contributed by atoms with Crippen molar-refractivity contribution in [3.63, 3.8) is 0 Å². The molecule has 69 heavy (non-hydrogen) atoms. The number of unbranched alkanes of at least 4 members (excludes halogenated alkanes) is 2. The van der Waals surface area contributed by atoms with Gasteiger partial charge in [-0.25, -0.2) is 4.98 Å². The summed E-state index contributed by atoms with van der Waals surface area (Å²) in [6.07, 6.45) is 3.04. The first-order valence-electron chi connectivity index (χ1n) is 23.8. The van der Waals surface area contributed by atoms with Crippen LogP contribution in [0.15, 0.2) is 72.2 Å². The molecule has 3 aromatic carbocycles. The van der Waals surface area contributed by atoms with Crippen LogP contribution in [0.5, 0.6) is 5.75 Å². The minimum absolute atomic E-state index is 0.000966. The summed E-state index contributed by atoms with van der Waals surface area (Å²) < 4.78 is 12.1. The van der Waals surface area contributed by atoms with Crippen molar-refractivity contribution in [2.75, 3.05) is 31.6 Å². The van der Waals surface area contributed by atoms with Crippen molar-refractivity contribution in [3.8, 4) is 22.3 Å². The molecule has 3 atom stereocenters. The average Bonchev–Trinajstić information content (AvgIpc) is 3.77. The van der Waals surface area contributed by atoms with E-state index < -0.39 is 41.0 Å². The van der Waals surface area contributed by atoms with Crippen LogP contribution in [0.2, 0.25) is 5.02 Å². The van der Waals surface area contributed by atoms with Gasteiger partial charge in [0.15, 0.2) is 0 Å². The maximum Gasteiger partial charge on any atom is 0.251 e. The van der Waals surface area contributed by atoms with E-state index in [1.807, 2.05) is 69.6 Å². The Morgan fingerprint density at radius 3 is 2.29 bits per heavy atom. The van der Waals surface area contributed by atoms with Crippen molar-refractivity contribution in [1.29, 1.82) is 5.26 Å². The monoisotopic (exact) mass is 979 g/mol. The van der Waals surface area contributed by atoms with E-state index >= 15 is 0 Å². The predicted molar refractivity (Wildman–Crippen MR) is 268 cm³/mol. The summed E-state index contributed by atoms with van der Waals surface area (Å²) in [6, 6.07) is 20.7. The van der Waals surface area contributed by atoms with E-state index in [-0.39, 0.29) is 54.4 Å². The van der Waals surface area contributed by atoms with E-state index in [0.717, 1.165) is 59.5 Å². The number of nitriles is 1. The van der Waals surface area contributed by atoms with Crippen LogP contribution in [0.25, 0.3) is 10.4 Å². The topological polar surface area (TPSA) is 195 Å². The van der Waals surface area contributed by atoms with Crippen molar-refractivity contribution in [2.45, 2.75) is 130 Å². The lowest BCUT2D eigenvalue weighted by Gasteiger charge is -2.63. The first-order chi connectivity index (χ1) is 32.6. The predicted octanol–water partition coefficient (Wildman–Crippen LogP) is 8.15.